The third-order valence-electron chi connectivity index (χ3n) is 1.43. The first-order valence-electron chi connectivity index (χ1n) is 4.45. The molecule has 0 aromatic rings. The van der Waals surface area contributed by atoms with Crippen LogP contribution in [0, 0.1) is 0 Å². The van der Waals surface area contributed by atoms with E-state index in [1.54, 1.807) is 0 Å². The molecule has 0 amide bonds. The maximum Gasteiger partial charge on any atom is 0.261 e. The van der Waals surface area contributed by atoms with Gasteiger partial charge in [0.1, 0.15) is 6.61 Å². The third kappa shape index (κ3) is 11.5. The molecule has 1 N–H and O–H groups in total. The lowest BCUT2D eigenvalue weighted by atomic mass is 10.3. The second-order valence-corrected chi connectivity index (χ2v) is 2.65. The molecule has 0 radical (unpaired) electrons. The van der Waals surface area contributed by atoms with Gasteiger partial charge in [-0.3, -0.25) is 0 Å². The summed E-state index contributed by atoms with van der Waals surface area (Å²) in [7, 11) is 0. The lowest BCUT2D eigenvalue weighted by Gasteiger charge is -2.04. The topological polar surface area (TPSA) is 21.3 Å². The van der Waals surface area contributed by atoms with Crippen LogP contribution in [0.3, 0.4) is 0 Å². The Balaban J connectivity index is 2.87. The Hall–Kier alpha value is -0.480. The molecule has 0 aliphatic heterocycles. The van der Waals surface area contributed by atoms with Crippen LogP contribution in [0.25, 0.3) is 0 Å². The largest absolute Gasteiger partial charge is 0.374 e. The summed E-state index contributed by atoms with van der Waals surface area (Å²) in [5.41, 5.74) is 0. The summed E-state index contributed by atoms with van der Waals surface area (Å²) in [5, 5.41) is 3.08. The van der Waals surface area contributed by atoms with Crippen molar-refractivity contribution in [3.63, 3.8) is 0 Å². The van der Waals surface area contributed by atoms with E-state index in [4.69, 9.17) is 0 Å². The Morgan fingerprint density at radius 3 is 2.77 bits per heavy atom. The van der Waals surface area contributed by atoms with Crippen molar-refractivity contribution in [2.75, 3.05) is 26.3 Å². The van der Waals surface area contributed by atoms with E-state index in [0.717, 1.165) is 19.4 Å². The second-order valence-electron chi connectivity index (χ2n) is 2.65. The Kier molecular flexibility index (Phi) is 9.25. The van der Waals surface area contributed by atoms with Gasteiger partial charge in [-0.2, -0.15) is 0 Å². The van der Waals surface area contributed by atoms with Gasteiger partial charge in [0.05, 0.1) is 6.61 Å². The first-order chi connectivity index (χ1) is 6.27. The highest BCUT2D eigenvalue weighted by Gasteiger charge is 2.00. The summed E-state index contributed by atoms with van der Waals surface area (Å²) in [6.45, 7) is 4.98. The van der Waals surface area contributed by atoms with Crippen molar-refractivity contribution in [2.45, 2.75) is 19.3 Å². The highest BCUT2D eigenvalue weighted by atomic mass is 19.3. The van der Waals surface area contributed by atoms with Crippen LogP contribution in [-0.4, -0.2) is 32.7 Å². The molecule has 0 fully saturated rings. The van der Waals surface area contributed by atoms with Crippen molar-refractivity contribution in [3.05, 3.63) is 12.7 Å². The predicted molar refractivity (Wildman–Crippen MR) is 49.1 cm³/mol. The van der Waals surface area contributed by atoms with Crippen molar-refractivity contribution >= 4 is 0 Å². The molecule has 0 unspecified atom stereocenters. The predicted octanol–water partition coefficient (Wildman–Crippen LogP) is 1.82. The van der Waals surface area contributed by atoms with E-state index in [9.17, 15) is 8.78 Å². The minimum atomic E-state index is -2.36. The molecule has 78 valence electrons. The monoisotopic (exact) mass is 193 g/mol. The number of halogens is 2. The van der Waals surface area contributed by atoms with Gasteiger partial charge in [0.25, 0.3) is 6.43 Å². The number of unbranched alkanes of at least 4 members (excludes halogenated alkanes) is 1. The average Bonchev–Trinajstić information content (AvgIpc) is 2.09. The van der Waals surface area contributed by atoms with Gasteiger partial charge in [0, 0.05) is 6.54 Å². The van der Waals surface area contributed by atoms with Gasteiger partial charge in [-0.25, -0.2) is 8.78 Å². The molecule has 0 heterocycles. The lowest BCUT2D eigenvalue weighted by molar-refractivity contribution is 0.0188. The number of allylic oxidation sites excluding steroid dienone is 1. The lowest BCUT2D eigenvalue weighted by Crippen LogP contribution is -2.21. The van der Waals surface area contributed by atoms with Gasteiger partial charge in [0.15, 0.2) is 0 Å². The summed E-state index contributed by atoms with van der Waals surface area (Å²) in [6.07, 6.45) is 1.50. The molecule has 13 heavy (non-hydrogen) atoms. The van der Waals surface area contributed by atoms with E-state index in [2.05, 4.69) is 16.6 Å². The van der Waals surface area contributed by atoms with Crippen LogP contribution in [-0.2, 0) is 4.74 Å². The van der Waals surface area contributed by atoms with E-state index in [0.29, 0.717) is 13.2 Å². The van der Waals surface area contributed by atoms with Crippen LogP contribution in [0.5, 0.6) is 0 Å². The second kappa shape index (κ2) is 9.61. The highest BCUT2D eigenvalue weighted by Crippen LogP contribution is 1.91. The zero-order valence-corrected chi connectivity index (χ0v) is 7.77. The molecule has 2 nitrogen and oxygen atoms in total. The SMILES string of the molecule is C=CCCCNCCOCC(F)F. The maximum atomic E-state index is 11.6. The molecule has 0 bridgehead atoms. The summed E-state index contributed by atoms with van der Waals surface area (Å²) >= 11 is 0. The van der Waals surface area contributed by atoms with Crippen LogP contribution in [0.2, 0.25) is 0 Å². The number of alkyl halides is 2. The Morgan fingerprint density at radius 1 is 1.38 bits per heavy atom. The zero-order valence-electron chi connectivity index (χ0n) is 7.77. The van der Waals surface area contributed by atoms with E-state index >= 15 is 0 Å². The Labute approximate surface area is 78.0 Å². The van der Waals surface area contributed by atoms with Crippen molar-refractivity contribution in [1.29, 1.82) is 0 Å². The van der Waals surface area contributed by atoms with Crippen LogP contribution in [0.15, 0.2) is 12.7 Å². The van der Waals surface area contributed by atoms with Crippen molar-refractivity contribution in [3.8, 4) is 0 Å². The van der Waals surface area contributed by atoms with Gasteiger partial charge >= 0.3 is 0 Å². The first-order valence-corrected chi connectivity index (χ1v) is 4.45. The molecule has 0 atom stereocenters. The third-order valence-corrected chi connectivity index (χ3v) is 1.43. The molecule has 0 rings (SSSR count). The van der Waals surface area contributed by atoms with Crippen molar-refractivity contribution in [1.82, 2.24) is 5.32 Å². The van der Waals surface area contributed by atoms with E-state index in [-0.39, 0.29) is 0 Å². The smallest absolute Gasteiger partial charge is 0.261 e. The zero-order chi connectivity index (χ0) is 9.94. The molecule has 0 aromatic carbocycles. The van der Waals surface area contributed by atoms with Crippen LogP contribution >= 0.6 is 0 Å². The van der Waals surface area contributed by atoms with Crippen LogP contribution < -0.4 is 5.32 Å². The fourth-order valence-electron chi connectivity index (χ4n) is 0.813. The molecule has 0 saturated heterocycles. The molecule has 0 aromatic heterocycles. The summed E-state index contributed by atoms with van der Waals surface area (Å²) in [5.74, 6) is 0. The maximum absolute atomic E-state index is 11.6. The Bertz CT molecular complexity index is 120. The van der Waals surface area contributed by atoms with E-state index < -0.39 is 13.0 Å². The average molecular weight is 193 g/mol. The molecule has 0 saturated carbocycles. The molecule has 0 aliphatic rings. The quantitative estimate of drug-likeness (QED) is 0.445. The highest BCUT2D eigenvalue weighted by molar-refractivity contribution is 4.66. The number of ether oxygens (including phenoxy) is 1. The molecule has 0 spiro atoms. The fourth-order valence-corrected chi connectivity index (χ4v) is 0.813. The first kappa shape index (κ1) is 12.5. The van der Waals surface area contributed by atoms with Crippen LogP contribution in [0.4, 0.5) is 8.78 Å². The number of hydrogen-bond acceptors (Lipinski definition) is 2. The fraction of sp³-hybridized carbons (Fsp3) is 0.778. The van der Waals surface area contributed by atoms with Crippen molar-refractivity contribution in [2.24, 2.45) is 0 Å². The minimum absolute atomic E-state index is 0.346. The molecular weight excluding hydrogens is 176 g/mol. The standard InChI is InChI=1S/C9H17F2NO/c1-2-3-4-5-12-6-7-13-8-9(10)11/h2,9,12H,1,3-8H2. The van der Waals surface area contributed by atoms with E-state index in [1.807, 2.05) is 6.08 Å². The minimum Gasteiger partial charge on any atom is -0.374 e. The normalized spacial score (nSPS) is 10.7. The van der Waals surface area contributed by atoms with Gasteiger partial charge in [0.2, 0.25) is 0 Å². The number of nitrogens with one attached hydrogen (secondary N) is 1. The summed E-state index contributed by atoms with van der Waals surface area (Å²) < 4.78 is 27.8. The van der Waals surface area contributed by atoms with Gasteiger partial charge in [-0.1, -0.05) is 6.08 Å². The van der Waals surface area contributed by atoms with Gasteiger partial charge in [-0.05, 0) is 19.4 Å². The molecule has 0 aliphatic carbocycles. The van der Waals surface area contributed by atoms with Gasteiger partial charge in [-0.15, -0.1) is 6.58 Å². The van der Waals surface area contributed by atoms with Crippen LogP contribution in [0.1, 0.15) is 12.8 Å². The van der Waals surface area contributed by atoms with E-state index in [1.165, 1.54) is 0 Å². The molecular formula is C9H17F2NO. The number of rotatable bonds is 9. The van der Waals surface area contributed by atoms with Crippen molar-refractivity contribution < 1.29 is 13.5 Å². The summed E-state index contributed by atoms with van der Waals surface area (Å²) in [6, 6.07) is 0. The van der Waals surface area contributed by atoms with Gasteiger partial charge < -0.3 is 10.1 Å². The summed E-state index contributed by atoms with van der Waals surface area (Å²) in [4.78, 5) is 0. The molecule has 4 heteroatoms. The number of hydrogen-bond donors (Lipinski definition) is 1. The Morgan fingerprint density at radius 2 is 2.15 bits per heavy atom.